The van der Waals surface area contributed by atoms with Gasteiger partial charge in [0.1, 0.15) is 5.52 Å². The fraction of sp³-hybridized carbons (Fsp3) is 0.571. The molecule has 0 spiro atoms. The summed E-state index contributed by atoms with van der Waals surface area (Å²) in [5.74, 6) is -3.20. The fourth-order valence-electron chi connectivity index (χ4n) is 3.78. The van der Waals surface area contributed by atoms with E-state index in [-0.39, 0.29) is 0 Å². The molecular formula is C21H27Cl3N2O6. The molecule has 1 aliphatic heterocycles. The molecule has 0 unspecified atom stereocenters. The molecule has 1 fully saturated rings. The molecular weight excluding hydrogens is 483 g/mol. The summed E-state index contributed by atoms with van der Waals surface area (Å²) in [5, 5.41) is 15.7. The average Bonchev–Trinajstić information content (AvgIpc) is 3.09. The van der Waals surface area contributed by atoms with Crippen LogP contribution in [0.4, 0.5) is 0 Å². The summed E-state index contributed by atoms with van der Waals surface area (Å²) in [6, 6.07) is 1.50. The van der Waals surface area contributed by atoms with Crippen molar-refractivity contribution in [2.24, 2.45) is 5.92 Å². The first-order valence-corrected chi connectivity index (χ1v) is 11.6. The molecule has 0 amide bonds. The van der Waals surface area contributed by atoms with E-state index < -0.39 is 17.7 Å². The second kappa shape index (κ2) is 12.5. The van der Waals surface area contributed by atoms with Crippen molar-refractivity contribution in [1.82, 2.24) is 9.47 Å². The monoisotopic (exact) mass is 508 g/mol. The van der Waals surface area contributed by atoms with Gasteiger partial charge in [-0.3, -0.25) is 4.57 Å². The van der Waals surface area contributed by atoms with E-state index in [2.05, 4.69) is 11.8 Å². The van der Waals surface area contributed by atoms with E-state index in [1.807, 2.05) is 0 Å². The lowest BCUT2D eigenvalue weighted by molar-refractivity contribution is -0.159. The fourth-order valence-corrected chi connectivity index (χ4v) is 4.52. The number of likely N-dealkylation sites (tertiary alicyclic amines) is 1. The second-order valence-electron chi connectivity index (χ2n) is 7.74. The van der Waals surface area contributed by atoms with E-state index in [9.17, 15) is 4.79 Å². The number of carboxylic acids is 2. The Morgan fingerprint density at radius 3 is 2.25 bits per heavy atom. The van der Waals surface area contributed by atoms with Gasteiger partial charge in [-0.2, -0.15) is 0 Å². The van der Waals surface area contributed by atoms with Gasteiger partial charge >= 0.3 is 17.7 Å². The number of oxazole rings is 1. The molecule has 0 radical (unpaired) electrons. The molecule has 1 aliphatic rings. The van der Waals surface area contributed by atoms with Gasteiger partial charge in [-0.1, -0.05) is 61.0 Å². The van der Waals surface area contributed by atoms with Gasteiger partial charge in [0.05, 0.1) is 15.1 Å². The lowest BCUT2D eigenvalue weighted by atomic mass is 9.91. The molecule has 1 aromatic carbocycles. The van der Waals surface area contributed by atoms with Gasteiger partial charge in [-0.15, -0.1) is 0 Å². The quantitative estimate of drug-likeness (QED) is 0.399. The standard InChI is InChI=1S/C19H25Cl3N2O2.C2H2O4/c1-2-3-5-13-6-10-23(11-7-13)8-4-9-24-17-16(22)14(20)12-15(21)18(17)26-19(24)25;3-1(4)2(5)6/h12-13H,2-11H2,1H3;(H,3,4)(H,5,6). The third-order valence-corrected chi connectivity index (χ3v) is 6.55. The second-order valence-corrected chi connectivity index (χ2v) is 8.94. The van der Waals surface area contributed by atoms with Crippen molar-refractivity contribution in [2.45, 2.75) is 52.0 Å². The zero-order valence-electron chi connectivity index (χ0n) is 17.8. The largest absolute Gasteiger partial charge is 0.473 e. The molecule has 3 rings (SSSR count). The molecule has 32 heavy (non-hydrogen) atoms. The van der Waals surface area contributed by atoms with Crippen LogP contribution >= 0.6 is 34.8 Å². The van der Waals surface area contributed by atoms with Gasteiger partial charge < -0.3 is 19.5 Å². The molecule has 0 saturated carbocycles. The van der Waals surface area contributed by atoms with E-state index >= 15 is 0 Å². The lowest BCUT2D eigenvalue weighted by Gasteiger charge is -2.32. The van der Waals surface area contributed by atoms with Gasteiger partial charge in [0.25, 0.3) is 0 Å². The number of aliphatic carboxylic acids is 2. The molecule has 2 aromatic rings. The number of carboxylic acid groups (broad SMARTS) is 2. The highest BCUT2D eigenvalue weighted by atomic mass is 35.5. The first kappa shape index (κ1) is 26.5. The summed E-state index contributed by atoms with van der Waals surface area (Å²) in [6.45, 7) is 6.05. The third-order valence-electron chi connectivity index (χ3n) is 5.49. The van der Waals surface area contributed by atoms with Crippen LogP contribution in [0.3, 0.4) is 0 Å². The Morgan fingerprint density at radius 1 is 1.06 bits per heavy atom. The molecule has 11 heteroatoms. The number of rotatable bonds is 7. The van der Waals surface area contributed by atoms with Crippen molar-refractivity contribution in [2.75, 3.05) is 19.6 Å². The number of aryl methyl sites for hydroxylation is 1. The molecule has 2 N–H and O–H groups in total. The number of carbonyl (C=O) groups is 2. The van der Waals surface area contributed by atoms with E-state index in [1.165, 1.54) is 38.2 Å². The van der Waals surface area contributed by atoms with Crippen molar-refractivity contribution >= 4 is 57.8 Å². The van der Waals surface area contributed by atoms with Crippen LogP contribution in [0.25, 0.3) is 11.1 Å². The van der Waals surface area contributed by atoms with Crippen LogP contribution in [0, 0.1) is 5.92 Å². The highest BCUT2D eigenvalue weighted by Gasteiger charge is 2.20. The van der Waals surface area contributed by atoms with Crippen molar-refractivity contribution in [3.05, 3.63) is 31.7 Å². The predicted molar refractivity (Wildman–Crippen MR) is 124 cm³/mol. The number of aromatic nitrogens is 1. The van der Waals surface area contributed by atoms with Crippen LogP contribution in [0.1, 0.15) is 45.4 Å². The number of piperidine rings is 1. The Kier molecular flexibility index (Phi) is 10.3. The van der Waals surface area contributed by atoms with Gasteiger partial charge in [0.15, 0.2) is 5.58 Å². The van der Waals surface area contributed by atoms with E-state index in [1.54, 1.807) is 4.57 Å². The minimum absolute atomic E-state index is 0.305. The number of unbranched alkanes of at least 4 members (excludes halogenated alkanes) is 1. The molecule has 178 valence electrons. The maximum absolute atomic E-state index is 12.2. The first-order chi connectivity index (χ1) is 15.1. The predicted octanol–water partition coefficient (Wildman–Crippen LogP) is 5.00. The molecule has 0 atom stereocenters. The molecule has 1 saturated heterocycles. The average molecular weight is 510 g/mol. The highest BCUT2D eigenvalue weighted by Crippen LogP contribution is 2.35. The summed E-state index contributed by atoms with van der Waals surface area (Å²) in [6.07, 6.45) is 7.41. The van der Waals surface area contributed by atoms with Crippen LogP contribution in [0.15, 0.2) is 15.3 Å². The molecule has 2 heterocycles. The lowest BCUT2D eigenvalue weighted by Crippen LogP contribution is -2.35. The topological polar surface area (TPSA) is 113 Å². The highest BCUT2D eigenvalue weighted by molar-refractivity contribution is 6.47. The maximum atomic E-state index is 12.2. The van der Waals surface area contributed by atoms with Crippen LogP contribution in [-0.2, 0) is 16.1 Å². The molecule has 0 aliphatic carbocycles. The van der Waals surface area contributed by atoms with Crippen LogP contribution in [-0.4, -0.2) is 51.3 Å². The van der Waals surface area contributed by atoms with Gasteiger partial charge in [-0.05, 0) is 50.9 Å². The Balaban J connectivity index is 0.000000534. The summed E-state index contributed by atoms with van der Waals surface area (Å²) in [4.78, 5) is 32.9. The van der Waals surface area contributed by atoms with Crippen molar-refractivity contribution in [3.8, 4) is 0 Å². The Labute approximate surface area is 200 Å². The molecule has 0 bridgehead atoms. The van der Waals surface area contributed by atoms with E-state index in [4.69, 9.17) is 59.0 Å². The first-order valence-electron chi connectivity index (χ1n) is 10.5. The summed E-state index contributed by atoms with van der Waals surface area (Å²) in [5.41, 5.74) is 0.801. The number of benzene rings is 1. The summed E-state index contributed by atoms with van der Waals surface area (Å²) in [7, 11) is 0. The van der Waals surface area contributed by atoms with Crippen LogP contribution in [0.5, 0.6) is 0 Å². The number of fused-ring (bicyclic) bond motifs is 1. The Bertz CT molecular complexity index is 984. The van der Waals surface area contributed by atoms with Crippen molar-refractivity contribution in [1.29, 1.82) is 0 Å². The normalized spacial score (nSPS) is 14.9. The van der Waals surface area contributed by atoms with Crippen molar-refractivity contribution < 1.29 is 24.2 Å². The number of hydrogen-bond acceptors (Lipinski definition) is 5. The number of halogens is 3. The molecule has 8 nitrogen and oxygen atoms in total. The van der Waals surface area contributed by atoms with E-state index in [0.717, 1.165) is 32.0 Å². The van der Waals surface area contributed by atoms with Gasteiger partial charge in [-0.25, -0.2) is 14.4 Å². The Hall–Kier alpha value is -1.74. The SMILES string of the molecule is CCCCC1CCN(CCCn2c(=O)oc3c(Cl)cc(Cl)c(Cl)c32)CC1.O=C(O)C(=O)O. The van der Waals surface area contributed by atoms with Gasteiger partial charge in [0, 0.05) is 6.54 Å². The van der Waals surface area contributed by atoms with Crippen LogP contribution < -0.4 is 5.76 Å². The van der Waals surface area contributed by atoms with Crippen molar-refractivity contribution in [3.63, 3.8) is 0 Å². The number of hydrogen-bond donors (Lipinski definition) is 2. The molecule has 1 aromatic heterocycles. The minimum atomic E-state index is -1.82. The Morgan fingerprint density at radius 2 is 1.69 bits per heavy atom. The zero-order valence-corrected chi connectivity index (χ0v) is 20.0. The smallest absolute Gasteiger partial charge is 0.420 e. The summed E-state index contributed by atoms with van der Waals surface area (Å²) >= 11 is 18.5. The number of nitrogens with zero attached hydrogens (tertiary/aromatic N) is 2. The zero-order chi connectivity index (χ0) is 23.8. The summed E-state index contributed by atoms with van der Waals surface area (Å²) < 4.78 is 6.82. The minimum Gasteiger partial charge on any atom is -0.473 e. The van der Waals surface area contributed by atoms with Gasteiger partial charge in [0.2, 0.25) is 0 Å². The third kappa shape index (κ3) is 7.13. The van der Waals surface area contributed by atoms with Crippen LogP contribution in [0.2, 0.25) is 15.1 Å². The maximum Gasteiger partial charge on any atom is 0.420 e. The van der Waals surface area contributed by atoms with E-state index in [0.29, 0.717) is 32.7 Å².